The predicted octanol–water partition coefficient (Wildman–Crippen LogP) is 0.0626. The van der Waals surface area contributed by atoms with Gasteiger partial charge < -0.3 is 5.73 Å². The molecule has 3 N–H and O–H groups in total. The van der Waals surface area contributed by atoms with Gasteiger partial charge in [0.1, 0.15) is 0 Å². The fourth-order valence-corrected chi connectivity index (χ4v) is 1.57. The minimum Gasteiger partial charge on any atom is -0.398 e. The lowest BCUT2D eigenvalue weighted by Crippen LogP contribution is -2.45. The largest absolute Gasteiger partial charge is 0.398 e. The third-order valence-corrected chi connectivity index (χ3v) is 2.47. The molecule has 0 radical (unpaired) electrons. The molecule has 1 fully saturated rings. The van der Waals surface area contributed by atoms with Gasteiger partial charge >= 0.3 is 0 Å². The van der Waals surface area contributed by atoms with Crippen molar-refractivity contribution in [3.63, 3.8) is 0 Å². The summed E-state index contributed by atoms with van der Waals surface area (Å²) in [6, 6.07) is 6.44. The van der Waals surface area contributed by atoms with Crippen LogP contribution in [-0.2, 0) is 9.59 Å². The van der Waals surface area contributed by atoms with E-state index in [0.29, 0.717) is 5.69 Å². The number of nitrogens with one attached hydrogen (secondary N) is 1. The number of para-hydroxylation sites is 1. The van der Waals surface area contributed by atoms with Crippen molar-refractivity contribution < 1.29 is 14.4 Å². The number of benzene rings is 1. The highest BCUT2D eigenvalue weighted by molar-refractivity contribution is 6.06. The Bertz CT molecular complexity index is 482. The molecule has 0 spiro atoms. The van der Waals surface area contributed by atoms with Gasteiger partial charge in [-0.1, -0.05) is 12.1 Å². The summed E-state index contributed by atoms with van der Waals surface area (Å²) in [5.41, 5.74) is 8.40. The van der Waals surface area contributed by atoms with Crippen molar-refractivity contribution in [2.75, 3.05) is 5.73 Å². The Morgan fingerprint density at radius 2 is 1.76 bits per heavy atom. The first-order valence-electron chi connectivity index (χ1n) is 5.11. The number of hydrogen-bond acceptors (Lipinski definition) is 4. The maximum atomic E-state index is 11.8. The van der Waals surface area contributed by atoms with Crippen LogP contribution in [0.4, 0.5) is 5.69 Å². The van der Waals surface area contributed by atoms with E-state index in [0.717, 1.165) is 5.01 Å². The van der Waals surface area contributed by atoms with Gasteiger partial charge in [-0.15, -0.1) is 0 Å². The van der Waals surface area contributed by atoms with Gasteiger partial charge in [0.2, 0.25) is 11.8 Å². The van der Waals surface area contributed by atoms with Crippen molar-refractivity contribution in [3.05, 3.63) is 29.8 Å². The Hall–Kier alpha value is -2.37. The number of nitrogens with zero attached hydrogens (tertiary/aromatic N) is 1. The van der Waals surface area contributed by atoms with Gasteiger partial charge in [-0.3, -0.25) is 19.8 Å². The molecule has 6 heteroatoms. The van der Waals surface area contributed by atoms with Gasteiger partial charge in [-0.2, -0.15) is 5.01 Å². The molecule has 0 aliphatic carbocycles. The molecule has 1 aromatic carbocycles. The summed E-state index contributed by atoms with van der Waals surface area (Å²) in [6.07, 6.45) is 0.257. The molecule has 0 bridgehead atoms. The number of hydrazine groups is 1. The smallest absolute Gasteiger partial charge is 0.272 e. The Balaban J connectivity index is 2.15. The molecule has 0 saturated carbocycles. The normalized spacial score (nSPS) is 15.2. The van der Waals surface area contributed by atoms with E-state index in [2.05, 4.69) is 5.43 Å². The Morgan fingerprint density at radius 3 is 2.35 bits per heavy atom. The molecule has 1 aliphatic heterocycles. The highest BCUT2D eigenvalue weighted by Crippen LogP contribution is 2.13. The number of nitrogen functional groups attached to an aromatic ring is 1. The fraction of sp³-hybridized carbons (Fsp3) is 0.182. The molecular weight excluding hydrogens is 222 g/mol. The van der Waals surface area contributed by atoms with E-state index in [1.54, 1.807) is 18.2 Å². The molecule has 6 nitrogen and oxygen atoms in total. The van der Waals surface area contributed by atoms with Gasteiger partial charge in [-0.25, -0.2) is 0 Å². The number of hydrogen-bond donors (Lipinski definition) is 2. The first-order valence-corrected chi connectivity index (χ1v) is 5.11. The van der Waals surface area contributed by atoms with Crippen LogP contribution in [0.5, 0.6) is 0 Å². The SMILES string of the molecule is Nc1ccccc1C(=O)NN1C(=O)CCC1=O. The number of anilines is 1. The van der Waals surface area contributed by atoms with Crippen molar-refractivity contribution in [2.45, 2.75) is 12.8 Å². The van der Waals surface area contributed by atoms with E-state index in [9.17, 15) is 14.4 Å². The zero-order valence-corrected chi connectivity index (χ0v) is 8.97. The quantitative estimate of drug-likeness (QED) is 0.558. The zero-order chi connectivity index (χ0) is 12.4. The van der Waals surface area contributed by atoms with Crippen LogP contribution < -0.4 is 11.2 Å². The minimum absolute atomic E-state index is 0.128. The van der Waals surface area contributed by atoms with E-state index in [1.165, 1.54) is 6.07 Å². The summed E-state index contributed by atoms with van der Waals surface area (Å²) in [7, 11) is 0. The summed E-state index contributed by atoms with van der Waals surface area (Å²) >= 11 is 0. The molecule has 1 aliphatic rings. The third-order valence-electron chi connectivity index (χ3n) is 2.47. The summed E-state index contributed by atoms with van der Waals surface area (Å²) in [5.74, 6) is -1.37. The van der Waals surface area contributed by atoms with E-state index >= 15 is 0 Å². The summed E-state index contributed by atoms with van der Waals surface area (Å²) in [6.45, 7) is 0. The van der Waals surface area contributed by atoms with Crippen LogP contribution in [0.1, 0.15) is 23.2 Å². The maximum absolute atomic E-state index is 11.8. The zero-order valence-electron chi connectivity index (χ0n) is 8.97. The molecule has 0 atom stereocenters. The van der Waals surface area contributed by atoms with E-state index in [1.807, 2.05) is 0 Å². The summed E-state index contributed by atoms with van der Waals surface area (Å²) in [4.78, 5) is 34.4. The summed E-state index contributed by atoms with van der Waals surface area (Å²) < 4.78 is 0. The molecule has 2 rings (SSSR count). The molecular formula is C11H11N3O3. The fourth-order valence-electron chi connectivity index (χ4n) is 1.57. The highest BCUT2D eigenvalue weighted by Gasteiger charge is 2.30. The second kappa shape index (κ2) is 4.25. The molecule has 1 saturated heterocycles. The van der Waals surface area contributed by atoms with E-state index in [-0.39, 0.29) is 18.4 Å². The second-order valence-electron chi connectivity index (χ2n) is 3.65. The van der Waals surface area contributed by atoms with Crippen LogP contribution in [0, 0.1) is 0 Å². The van der Waals surface area contributed by atoms with Gasteiger partial charge in [-0.05, 0) is 12.1 Å². The first kappa shape index (κ1) is 11.1. The van der Waals surface area contributed by atoms with Crippen molar-refractivity contribution in [2.24, 2.45) is 0 Å². The number of carbonyl (C=O) groups is 3. The van der Waals surface area contributed by atoms with Crippen LogP contribution in [0.25, 0.3) is 0 Å². The molecule has 0 unspecified atom stereocenters. The minimum atomic E-state index is -0.563. The first-order chi connectivity index (χ1) is 8.09. The number of nitrogens with two attached hydrogens (primary N) is 1. The average Bonchev–Trinajstić information content (AvgIpc) is 2.61. The lowest BCUT2D eigenvalue weighted by atomic mass is 10.2. The Morgan fingerprint density at radius 1 is 1.18 bits per heavy atom. The second-order valence-corrected chi connectivity index (χ2v) is 3.65. The molecule has 0 aromatic heterocycles. The van der Waals surface area contributed by atoms with Gasteiger partial charge in [0.25, 0.3) is 5.91 Å². The molecule has 1 aromatic rings. The van der Waals surface area contributed by atoms with Crippen molar-refractivity contribution in [1.82, 2.24) is 10.4 Å². The highest BCUT2D eigenvalue weighted by atomic mass is 16.2. The molecule has 88 valence electrons. The third kappa shape index (κ3) is 2.10. The topological polar surface area (TPSA) is 92.5 Å². The van der Waals surface area contributed by atoms with Gasteiger partial charge in [0, 0.05) is 18.5 Å². The standard InChI is InChI=1S/C11H11N3O3/c12-8-4-2-1-3-7(8)11(17)13-14-9(15)5-6-10(14)16/h1-4H,5-6,12H2,(H,13,17). The van der Waals surface area contributed by atoms with Crippen LogP contribution in [0.2, 0.25) is 0 Å². The Kier molecular flexibility index (Phi) is 2.78. The average molecular weight is 233 g/mol. The van der Waals surface area contributed by atoms with Gasteiger partial charge in [0.05, 0.1) is 5.56 Å². The maximum Gasteiger partial charge on any atom is 0.272 e. The van der Waals surface area contributed by atoms with Crippen molar-refractivity contribution in [1.29, 1.82) is 0 Å². The van der Waals surface area contributed by atoms with Crippen molar-refractivity contribution in [3.8, 4) is 0 Å². The molecule has 3 amide bonds. The number of rotatable bonds is 2. The van der Waals surface area contributed by atoms with Crippen LogP contribution in [-0.4, -0.2) is 22.7 Å². The molecule has 17 heavy (non-hydrogen) atoms. The lowest BCUT2D eigenvalue weighted by molar-refractivity contribution is -0.141. The monoisotopic (exact) mass is 233 g/mol. The van der Waals surface area contributed by atoms with Crippen LogP contribution in [0.3, 0.4) is 0 Å². The van der Waals surface area contributed by atoms with E-state index in [4.69, 9.17) is 5.73 Å². The number of amides is 3. The van der Waals surface area contributed by atoms with Crippen LogP contribution >= 0.6 is 0 Å². The molecule has 1 heterocycles. The lowest BCUT2D eigenvalue weighted by Gasteiger charge is -2.15. The van der Waals surface area contributed by atoms with E-state index < -0.39 is 17.7 Å². The predicted molar refractivity (Wildman–Crippen MR) is 59.4 cm³/mol. The van der Waals surface area contributed by atoms with Crippen molar-refractivity contribution >= 4 is 23.4 Å². The van der Waals surface area contributed by atoms with Crippen LogP contribution in [0.15, 0.2) is 24.3 Å². The Labute approximate surface area is 97.4 Å². The van der Waals surface area contributed by atoms with Gasteiger partial charge in [0.15, 0.2) is 0 Å². The number of imide groups is 1. The summed E-state index contributed by atoms with van der Waals surface area (Å²) in [5, 5.41) is 0.745. The number of carbonyl (C=O) groups excluding carboxylic acids is 3.